The van der Waals surface area contributed by atoms with Crippen LogP contribution in [-0.4, -0.2) is 38.4 Å². The van der Waals surface area contributed by atoms with Crippen LogP contribution in [0.4, 0.5) is 0 Å². The van der Waals surface area contributed by atoms with Gasteiger partial charge in [-0.15, -0.1) is 0 Å². The molecule has 0 saturated heterocycles. The molecule has 0 N–H and O–H groups in total. The summed E-state index contributed by atoms with van der Waals surface area (Å²) >= 11 is 0. The Morgan fingerprint density at radius 2 is 0.533 bits per heavy atom. The van der Waals surface area contributed by atoms with Crippen molar-refractivity contribution in [2.75, 3.05) is 26.4 Å². The molecule has 0 radical (unpaired) electrons. The van der Waals surface area contributed by atoms with Gasteiger partial charge in [0.15, 0.2) is 13.2 Å². The van der Waals surface area contributed by atoms with Crippen molar-refractivity contribution in [1.82, 2.24) is 0 Å². The second-order valence-electron chi connectivity index (χ2n) is 26.6. The minimum absolute atomic E-state index is 0.185. The summed E-state index contributed by atoms with van der Waals surface area (Å²) < 4.78 is 67.1. The van der Waals surface area contributed by atoms with Crippen LogP contribution in [0.25, 0.3) is 0 Å². The lowest BCUT2D eigenvalue weighted by Gasteiger charge is -2.30. The van der Waals surface area contributed by atoms with Crippen LogP contribution in [0.5, 0.6) is 46.0 Å². The molecule has 0 heterocycles. The van der Waals surface area contributed by atoms with Gasteiger partial charge in [-0.25, -0.2) is 9.59 Å². The van der Waals surface area contributed by atoms with Gasteiger partial charge in [-0.3, -0.25) is 0 Å². The highest BCUT2D eigenvalue weighted by atomic mass is 31.2. The number of fused-ring (bicyclic) bond motifs is 8. The molecule has 0 unspecified atom stereocenters. The third-order valence-corrected chi connectivity index (χ3v) is 17.4. The fourth-order valence-electron chi connectivity index (χ4n) is 10.4. The van der Waals surface area contributed by atoms with Crippen molar-refractivity contribution in [3.63, 3.8) is 0 Å². The topological polar surface area (TPSA) is 126 Å². The maximum absolute atomic E-state index is 13.7. The highest BCUT2D eigenvalue weighted by Crippen LogP contribution is 2.51. The molecule has 0 saturated carbocycles. The van der Waals surface area contributed by atoms with Crippen molar-refractivity contribution in [2.45, 2.75) is 144 Å². The second kappa shape index (κ2) is 28.8. The monoisotopic (exact) mass is 1250 g/mol. The molecule has 9 rings (SSSR count). The zero-order valence-electron chi connectivity index (χ0n) is 54.6. The molecule has 0 aromatic heterocycles. The summed E-state index contributed by atoms with van der Waals surface area (Å²) in [5, 5.41) is 0. The molecule has 12 nitrogen and oxygen atoms in total. The van der Waals surface area contributed by atoms with E-state index in [4.69, 9.17) is 46.1 Å². The first-order valence-electron chi connectivity index (χ1n) is 30.9. The molecule has 14 heteroatoms. The molecular weight excluding hydrogens is 1170 g/mol. The van der Waals surface area contributed by atoms with E-state index in [9.17, 15) is 9.59 Å². The Labute approximate surface area is 535 Å². The summed E-state index contributed by atoms with van der Waals surface area (Å²) in [7, 11) is -4.46. The molecule has 8 bridgehead atoms. The Bertz CT molecular complexity index is 3310. The molecular formula is C76H86O12P2. The summed E-state index contributed by atoms with van der Waals surface area (Å²) in [5.41, 5.74) is 9.12. The number of hydrogen-bond acceptors (Lipinski definition) is 12. The van der Waals surface area contributed by atoms with E-state index >= 15 is 0 Å². The number of ether oxygens (including phenoxy) is 4. The first kappa shape index (κ1) is 66.4. The molecule has 1 aliphatic rings. The van der Waals surface area contributed by atoms with E-state index in [1.165, 1.54) is 0 Å². The van der Waals surface area contributed by atoms with Gasteiger partial charge in [0, 0.05) is 25.7 Å². The van der Waals surface area contributed by atoms with Gasteiger partial charge in [-0.05, 0) is 151 Å². The van der Waals surface area contributed by atoms with E-state index in [-0.39, 0.29) is 73.8 Å². The Morgan fingerprint density at radius 1 is 0.322 bits per heavy atom. The molecule has 0 aliphatic heterocycles. The van der Waals surface area contributed by atoms with Crippen molar-refractivity contribution in [1.29, 1.82) is 0 Å². The van der Waals surface area contributed by atoms with E-state index in [0.717, 1.165) is 66.8 Å². The van der Waals surface area contributed by atoms with Gasteiger partial charge >= 0.3 is 29.1 Å². The van der Waals surface area contributed by atoms with Gasteiger partial charge in [0.05, 0.1) is 13.2 Å². The molecule has 0 fully saturated rings. The van der Waals surface area contributed by atoms with E-state index in [0.29, 0.717) is 46.0 Å². The number of benzene rings is 8. The molecule has 0 atom stereocenters. The van der Waals surface area contributed by atoms with Crippen molar-refractivity contribution in [3.8, 4) is 46.0 Å². The van der Waals surface area contributed by atoms with E-state index in [1.54, 1.807) is 13.8 Å². The number of rotatable bonds is 20. The van der Waals surface area contributed by atoms with Crippen LogP contribution in [-0.2, 0) is 66.4 Å². The lowest BCUT2D eigenvalue weighted by molar-refractivity contribution is -0.146. The van der Waals surface area contributed by atoms with Crippen LogP contribution < -0.4 is 36.6 Å². The van der Waals surface area contributed by atoms with Gasteiger partial charge in [0.2, 0.25) is 0 Å². The van der Waals surface area contributed by atoms with Gasteiger partial charge in [-0.1, -0.05) is 204 Å². The Morgan fingerprint density at radius 3 is 0.733 bits per heavy atom. The predicted molar refractivity (Wildman–Crippen MR) is 359 cm³/mol. The van der Waals surface area contributed by atoms with Gasteiger partial charge in [-0.2, -0.15) is 0 Å². The van der Waals surface area contributed by atoms with E-state index in [2.05, 4.69) is 132 Å². The minimum Gasteiger partial charge on any atom is -0.481 e. The molecule has 0 spiro atoms. The van der Waals surface area contributed by atoms with Gasteiger partial charge < -0.3 is 46.1 Å². The predicted octanol–water partition coefficient (Wildman–Crippen LogP) is 19.0. The van der Waals surface area contributed by atoms with Gasteiger partial charge in [0.25, 0.3) is 0 Å². The van der Waals surface area contributed by atoms with E-state index < -0.39 is 29.1 Å². The normalized spacial score (nSPS) is 12.6. The van der Waals surface area contributed by atoms with Crippen molar-refractivity contribution in [3.05, 3.63) is 237 Å². The molecule has 1 aliphatic carbocycles. The fourth-order valence-corrected chi connectivity index (χ4v) is 12.6. The Hall–Kier alpha value is -8.04. The molecule has 472 valence electrons. The SMILES string of the molecule is CCOC(=O)COc1c2cc(C(C)(C)C)cc1Cc1cc(C(C)(C)C)cc(c1OP(Oc1ccccc1)Oc1ccccc1)Cc1cc(C(C)(C)C)cc(c1OCC(=O)OCC)Cc1cc(C(C)(C)C)cc(c1OP(Oc1ccccc1)Oc1ccccc1)C2. The van der Waals surface area contributed by atoms with Crippen LogP contribution >= 0.6 is 17.2 Å². The average Bonchev–Trinajstić information content (AvgIpc) is 0.782. The summed E-state index contributed by atoms with van der Waals surface area (Å²) in [5.74, 6) is 3.35. The lowest BCUT2D eigenvalue weighted by Crippen LogP contribution is -2.20. The van der Waals surface area contributed by atoms with Crippen LogP contribution in [0, 0.1) is 0 Å². The maximum atomic E-state index is 13.7. The molecule has 90 heavy (non-hydrogen) atoms. The maximum Gasteiger partial charge on any atom is 0.530 e. The minimum atomic E-state index is -2.23. The number of esters is 2. The first-order chi connectivity index (χ1) is 42.8. The van der Waals surface area contributed by atoms with Crippen LogP contribution in [0.15, 0.2) is 170 Å². The quantitative estimate of drug-likeness (QED) is 0.0532. The number of carbonyl (C=O) groups is 2. The smallest absolute Gasteiger partial charge is 0.481 e. The third kappa shape index (κ3) is 17.7. The highest BCUT2D eigenvalue weighted by molar-refractivity contribution is 7.43. The summed E-state index contributed by atoms with van der Waals surface area (Å²) in [6.45, 7) is 29.6. The highest BCUT2D eigenvalue weighted by Gasteiger charge is 2.34. The van der Waals surface area contributed by atoms with E-state index in [1.807, 2.05) is 121 Å². The number of hydrogen-bond donors (Lipinski definition) is 0. The number of carbonyl (C=O) groups excluding carboxylic acids is 2. The second-order valence-corrected chi connectivity index (χ2v) is 28.6. The fraction of sp³-hybridized carbons (Fsp3) is 0.342. The number of para-hydroxylation sites is 4. The zero-order valence-corrected chi connectivity index (χ0v) is 56.4. The Kier molecular flexibility index (Phi) is 21.3. The van der Waals surface area contributed by atoms with Crippen molar-refractivity contribution in [2.24, 2.45) is 0 Å². The summed E-state index contributed by atoms with van der Waals surface area (Å²) in [6, 6.07) is 55.7. The first-order valence-corrected chi connectivity index (χ1v) is 33.1. The van der Waals surface area contributed by atoms with Crippen molar-refractivity contribution < 1.29 is 55.7 Å². The van der Waals surface area contributed by atoms with Crippen LogP contribution in [0.1, 0.15) is 164 Å². The van der Waals surface area contributed by atoms with Crippen molar-refractivity contribution >= 4 is 29.1 Å². The summed E-state index contributed by atoms with van der Waals surface area (Å²) in [6.07, 6.45) is 1.05. The lowest BCUT2D eigenvalue weighted by atomic mass is 9.79. The standard InChI is InChI=1S/C76H86O12P2/c1-15-79-67(77)49-81-69-51-37-55-45-61(75(9,10)11)47-57(71(55)87-89(83-63-29-21-17-22-30-63)84-64-31-23-18-24-32-64)39-53-43-60(74(6,7)8)44-54(70(53)82-50-68(78)80-16-2)40-58-48-62(76(12,13)14)46-56(38-52(69)42-59(41-51)73(3,4)5)72(58)88-90(85-65-33-25-19-26-34-65)86-66-35-27-20-28-36-66/h17-36,41-48H,15-16,37-40,49-50H2,1-14H3. The zero-order chi connectivity index (χ0) is 64.4. The molecule has 0 amide bonds. The molecule has 8 aromatic carbocycles. The van der Waals surface area contributed by atoms with Crippen LogP contribution in [0.2, 0.25) is 0 Å². The molecule has 8 aromatic rings. The third-order valence-electron chi connectivity index (χ3n) is 15.3. The largest absolute Gasteiger partial charge is 0.530 e. The van der Waals surface area contributed by atoms with Gasteiger partial charge in [0.1, 0.15) is 46.0 Å². The van der Waals surface area contributed by atoms with Crippen LogP contribution in [0.3, 0.4) is 0 Å². The Balaban J connectivity index is 1.41. The average molecular weight is 1250 g/mol. The summed E-state index contributed by atoms with van der Waals surface area (Å²) in [4.78, 5) is 27.4.